The number of hydrogen-bond donors (Lipinski definition) is 5. The van der Waals surface area contributed by atoms with Gasteiger partial charge in [-0.25, -0.2) is 4.99 Å². The van der Waals surface area contributed by atoms with Crippen molar-refractivity contribution in [2.75, 3.05) is 5.32 Å². The van der Waals surface area contributed by atoms with E-state index >= 15 is 0 Å². The van der Waals surface area contributed by atoms with E-state index in [1.54, 1.807) is 42.5 Å². The second-order valence-corrected chi connectivity index (χ2v) is 5.67. The standard InChI is InChI=1S/C18H18N4O5/c19-18(20)22-13-3-1-2-11(9-13)15(23)21-12-6-4-10(5-7-12)8-14(16(24)25)17(26)27/h1-7,9,14H,8H2,(H,21,23)(H,24,25)(H,26,27)(H4,19,20,22). The van der Waals surface area contributed by atoms with E-state index in [-0.39, 0.29) is 18.3 Å². The number of nitrogens with one attached hydrogen (secondary N) is 1. The van der Waals surface area contributed by atoms with Crippen molar-refractivity contribution < 1.29 is 24.6 Å². The molecule has 0 unspecified atom stereocenters. The average molecular weight is 370 g/mol. The van der Waals surface area contributed by atoms with E-state index in [2.05, 4.69) is 10.3 Å². The van der Waals surface area contributed by atoms with Crippen molar-refractivity contribution >= 4 is 35.2 Å². The highest BCUT2D eigenvalue weighted by Gasteiger charge is 2.25. The average Bonchev–Trinajstić information content (AvgIpc) is 2.60. The quantitative estimate of drug-likeness (QED) is 0.277. The minimum atomic E-state index is -1.52. The molecule has 0 saturated heterocycles. The van der Waals surface area contributed by atoms with E-state index in [9.17, 15) is 14.4 Å². The zero-order chi connectivity index (χ0) is 20.0. The number of carboxylic acids is 2. The number of hydrogen-bond acceptors (Lipinski definition) is 4. The van der Waals surface area contributed by atoms with Gasteiger partial charge in [-0.2, -0.15) is 0 Å². The Morgan fingerprint density at radius 3 is 2.19 bits per heavy atom. The van der Waals surface area contributed by atoms with Crippen LogP contribution in [-0.2, 0) is 16.0 Å². The van der Waals surface area contributed by atoms with Crippen LogP contribution >= 0.6 is 0 Å². The number of carboxylic acid groups (broad SMARTS) is 2. The van der Waals surface area contributed by atoms with Crippen LogP contribution in [0.15, 0.2) is 53.5 Å². The first-order valence-electron chi connectivity index (χ1n) is 7.82. The molecule has 0 spiro atoms. The van der Waals surface area contributed by atoms with Crippen LogP contribution in [0.2, 0.25) is 0 Å². The summed E-state index contributed by atoms with van der Waals surface area (Å²) in [5.41, 5.74) is 12.4. The van der Waals surface area contributed by atoms with Crippen LogP contribution in [0.1, 0.15) is 15.9 Å². The van der Waals surface area contributed by atoms with E-state index in [0.717, 1.165) is 0 Å². The van der Waals surface area contributed by atoms with E-state index in [1.165, 1.54) is 6.07 Å². The second-order valence-electron chi connectivity index (χ2n) is 5.67. The minimum Gasteiger partial charge on any atom is -0.481 e. The molecule has 0 aliphatic carbocycles. The highest BCUT2D eigenvalue weighted by molar-refractivity contribution is 6.04. The van der Waals surface area contributed by atoms with Gasteiger partial charge in [-0.1, -0.05) is 18.2 Å². The molecule has 0 radical (unpaired) electrons. The Morgan fingerprint density at radius 2 is 1.63 bits per heavy atom. The summed E-state index contributed by atoms with van der Waals surface area (Å²) in [7, 11) is 0. The number of carbonyl (C=O) groups is 3. The lowest BCUT2D eigenvalue weighted by atomic mass is 9.99. The number of carbonyl (C=O) groups excluding carboxylic acids is 1. The van der Waals surface area contributed by atoms with Crippen molar-refractivity contribution in [3.8, 4) is 0 Å². The molecule has 140 valence electrons. The topological polar surface area (TPSA) is 168 Å². The Kier molecular flexibility index (Phi) is 6.10. The molecule has 2 aromatic rings. The van der Waals surface area contributed by atoms with Crippen molar-refractivity contribution in [2.24, 2.45) is 22.4 Å². The van der Waals surface area contributed by atoms with Crippen LogP contribution in [0.25, 0.3) is 0 Å². The number of benzene rings is 2. The van der Waals surface area contributed by atoms with E-state index in [1.807, 2.05) is 0 Å². The molecule has 27 heavy (non-hydrogen) atoms. The first-order chi connectivity index (χ1) is 12.8. The van der Waals surface area contributed by atoms with Gasteiger partial charge in [0, 0.05) is 11.3 Å². The van der Waals surface area contributed by atoms with E-state index in [0.29, 0.717) is 22.5 Å². The van der Waals surface area contributed by atoms with Crippen LogP contribution in [0.5, 0.6) is 0 Å². The Hall–Kier alpha value is -3.88. The first-order valence-corrected chi connectivity index (χ1v) is 7.82. The summed E-state index contributed by atoms with van der Waals surface area (Å²) in [4.78, 5) is 38.1. The summed E-state index contributed by atoms with van der Waals surface area (Å²) in [6.07, 6.45) is -0.153. The molecule has 0 heterocycles. The van der Waals surface area contributed by atoms with Gasteiger partial charge in [0.1, 0.15) is 0 Å². The van der Waals surface area contributed by atoms with Gasteiger partial charge in [0.05, 0.1) is 5.69 Å². The summed E-state index contributed by atoms with van der Waals surface area (Å²) < 4.78 is 0. The minimum absolute atomic E-state index is 0.121. The zero-order valence-corrected chi connectivity index (χ0v) is 14.1. The van der Waals surface area contributed by atoms with Crippen LogP contribution in [0, 0.1) is 5.92 Å². The SMILES string of the molecule is NC(N)=Nc1cccc(C(=O)Nc2ccc(CC(C(=O)O)C(=O)O)cc2)c1. The molecule has 1 amide bonds. The zero-order valence-electron chi connectivity index (χ0n) is 14.1. The Labute approximate surface area is 154 Å². The lowest BCUT2D eigenvalue weighted by molar-refractivity contribution is -0.154. The number of guanidine groups is 1. The molecule has 0 aliphatic heterocycles. The van der Waals surface area contributed by atoms with Gasteiger partial charge in [-0.05, 0) is 42.3 Å². The van der Waals surface area contributed by atoms with Gasteiger partial charge < -0.3 is 27.0 Å². The van der Waals surface area contributed by atoms with Crippen LogP contribution < -0.4 is 16.8 Å². The Bertz CT molecular complexity index is 875. The maximum Gasteiger partial charge on any atom is 0.318 e. The molecule has 0 aliphatic rings. The lowest BCUT2D eigenvalue weighted by Crippen LogP contribution is -2.25. The number of aliphatic carboxylic acids is 2. The third-order valence-corrected chi connectivity index (χ3v) is 3.61. The van der Waals surface area contributed by atoms with Crippen LogP contribution in [-0.4, -0.2) is 34.0 Å². The molecule has 0 bridgehead atoms. The molecule has 9 heteroatoms. The lowest BCUT2D eigenvalue weighted by Gasteiger charge is -2.09. The van der Waals surface area contributed by atoms with Crippen molar-refractivity contribution in [3.05, 3.63) is 59.7 Å². The van der Waals surface area contributed by atoms with Gasteiger partial charge in [0.2, 0.25) is 0 Å². The highest BCUT2D eigenvalue weighted by Crippen LogP contribution is 2.17. The molecule has 2 rings (SSSR count). The predicted octanol–water partition coefficient (Wildman–Crippen LogP) is 1.17. The Balaban J connectivity index is 2.08. The molecule has 0 saturated carbocycles. The van der Waals surface area contributed by atoms with Crippen LogP contribution in [0.4, 0.5) is 11.4 Å². The monoisotopic (exact) mass is 370 g/mol. The predicted molar refractivity (Wildman–Crippen MR) is 98.8 cm³/mol. The normalized spacial score (nSPS) is 10.3. The van der Waals surface area contributed by atoms with Crippen molar-refractivity contribution in [1.29, 1.82) is 0 Å². The Morgan fingerprint density at radius 1 is 1.00 bits per heavy atom. The third-order valence-electron chi connectivity index (χ3n) is 3.61. The van der Waals surface area contributed by atoms with E-state index in [4.69, 9.17) is 21.7 Å². The largest absolute Gasteiger partial charge is 0.481 e. The van der Waals surface area contributed by atoms with Crippen LogP contribution in [0.3, 0.4) is 0 Å². The van der Waals surface area contributed by atoms with Crippen molar-refractivity contribution in [3.63, 3.8) is 0 Å². The summed E-state index contributed by atoms with van der Waals surface area (Å²) >= 11 is 0. The smallest absolute Gasteiger partial charge is 0.318 e. The number of anilines is 1. The molecule has 2 aromatic carbocycles. The highest BCUT2D eigenvalue weighted by atomic mass is 16.4. The summed E-state index contributed by atoms with van der Waals surface area (Å²) in [6.45, 7) is 0. The maximum absolute atomic E-state index is 12.3. The number of nitrogens with two attached hydrogens (primary N) is 2. The first kappa shape index (κ1) is 19.4. The van der Waals surface area contributed by atoms with Crippen molar-refractivity contribution in [1.82, 2.24) is 0 Å². The van der Waals surface area contributed by atoms with Gasteiger partial charge in [0.25, 0.3) is 5.91 Å². The number of nitrogens with zero attached hydrogens (tertiary/aromatic N) is 1. The summed E-state index contributed by atoms with van der Waals surface area (Å²) in [5.74, 6) is -4.83. The molecule has 0 atom stereocenters. The second kappa shape index (κ2) is 8.48. The fourth-order valence-electron chi connectivity index (χ4n) is 2.31. The number of amides is 1. The van der Waals surface area contributed by atoms with Gasteiger partial charge in [0.15, 0.2) is 11.9 Å². The van der Waals surface area contributed by atoms with Gasteiger partial charge in [-0.15, -0.1) is 0 Å². The van der Waals surface area contributed by atoms with Gasteiger partial charge >= 0.3 is 11.9 Å². The molecular formula is C18H18N4O5. The van der Waals surface area contributed by atoms with E-state index < -0.39 is 17.9 Å². The fraction of sp³-hybridized carbons (Fsp3) is 0.111. The number of rotatable bonds is 7. The van der Waals surface area contributed by atoms with Gasteiger partial charge in [-0.3, -0.25) is 14.4 Å². The fourth-order valence-corrected chi connectivity index (χ4v) is 2.31. The molecule has 7 N–H and O–H groups in total. The molecule has 0 aromatic heterocycles. The van der Waals surface area contributed by atoms with Crippen molar-refractivity contribution in [2.45, 2.75) is 6.42 Å². The molecule has 9 nitrogen and oxygen atoms in total. The summed E-state index contributed by atoms with van der Waals surface area (Å²) in [5, 5.41) is 20.5. The molecule has 0 fully saturated rings. The maximum atomic E-state index is 12.3. The third kappa shape index (κ3) is 5.56. The molecular weight excluding hydrogens is 352 g/mol. The number of aliphatic imine (C=N–C) groups is 1. The summed E-state index contributed by atoms with van der Waals surface area (Å²) in [6, 6.07) is 12.6.